The molecule has 0 aliphatic carbocycles. The first kappa shape index (κ1) is 12.9. The molecule has 15 heavy (non-hydrogen) atoms. The zero-order chi connectivity index (χ0) is 11.5. The van der Waals surface area contributed by atoms with E-state index in [0.717, 1.165) is 38.9 Å². The molecule has 0 saturated carbocycles. The van der Waals surface area contributed by atoms with Crippen molar-refractivity contribution in [1.29, 1.82) is 0 Å². The van der Waals surface area contributed by atoms with Crippen molar-refractivity contribution in [3.8, 4) is 0 Å². The van der Waals surface area contributed by atoms with Gasteiger partial charge in [0.25, 0.3) is 0 Å². The Morgan fingerprint density at radius 1 is 1.40 bits per heavy atom. The van der Waals surface area contributed by atoms with Gasteiger partial charge in [0.15, 0.2) is 0 Å². The van der Waals surface area contributed by atoms with Crippen LogP contribution in [0.3, 0.4) is 0 Å². The van der Waals surface area contributed by atoms with Crippen LogP contribution in [0.5, 0.6) is 0 Å². The van der Waals surface area contributed by atoms with Crippen molar-refractivity contribution in [3.63, 3.8) is 0 Å². The molecule has 0 amide bonds. The van der Waals surface area contributed by atoms with Gasteiger partial charge in [0, 0.05) is 19.1 Å². The summed E-state index contributed by atoms with van der Waals surface area (Å²) in [5.74, 6) is 0.623. The van der Waals surface area contributed by atoms with E-state index in [1.54, 1.807) is 0 Å². The highest BCUT2D eigenvalue weighted by molar-refractivity contribution is 4.86. The van der Waals surface area contributed by atoms with Crippen molar-refractivity contribution in [2.75, 3.05) is 19.6 Å². The number of hydrogen-bond acceptors (Lipinski definition) is 3. The second-order valence-corrected chi connectivity index (χ2v) is 5.10. The summed E-state index contributed by atoms with van der Waals surface area (Å²) < 4.78 is 0. The van der Waals surface area contributed by atoms with Crippen LogP contribution in [0.15, 0.2) is 0 Å². The highest BCUT2D eigenvalue weighted by atomic mass is 16.3. The number of piperidine rings is 1. The number of β-amino-alcohol motifs (C(OH)–C–C–N with tert-alkyl or cyclic N) is 1. The van der Waals surface area contributed by atoms with E-state index in [-0.39, 0.29) is 6.04 Å². The van der Waals surface area contributed by atoms with Crippen LogP contribution < -0.4 is 5.73 Å². The molecule has 1 heterocycles. The Hall–Kier alpha value is -0.120. The van der Waals surface area contributed by atoms with Crippen molar-refractivity contribution < 1.29 is 5.11 Å². The van der Waals surface area contributed by atoms with E-state index in [1.165, 1.54) is 0 Å². The van der Waals surface area contributed by atoms with Crippen LogP contribution in [0, 0.1) is 5.92 Å². The summed E-state index contributed by atoms with van der Waals surface area (Å²) in [4.78, 5) is 2.32. The monoisotopic (exact) mass is 214 g/mol. The molecule has 0 spiro atoms. The van der Waals surface area contributed by atoms with Crippen LogP contribution in [-0.4, -0.2) is 41.3 Å². The lowest BCUT2D eigenvalue weighted by Crippen LogP contribution is -2.52. The van der Waals surface area contributed by atoms with E-state index >= 15 is 0 Å². The molecule has 1 aliphatic rings. The van der Waals surface area contributed by atoms with Crippen molar-refractivity contribution in [1.82, 2.24) is 4.90 Å². The average molecular weight is 214 g/mol. The number of nitrogens with two attached hydrogens (primary N) is 1. The summed E-state index contributed by atoms with van der Waals surface area (Å²) in [5, 5.41) is 10.3. The molecule has 3 nitrogen and oxygen atoms in total. The van der Waals surface area contributed by atoms with Gasteiger partial charge in [0.2, 0.25) is 0 Å². The van der Waals surface area contributed by atoms with Crippen LogP contribution in [0.25, 0.3) is 0 Å². The zero-order valence-electron chi connectivity index (χ0n) is 10.4. The Morgan fingerprint density at radius 2 is 2.00 bits per heavy atom. The van der Waals surface area contributed by atoms with E-state index in [1.807, 2.05) is 0 Å². The van der Waals surface area contributed by atoms with Gasteiger partial charge in [-0.25, -0.2) is 0 Å². The molecular weight excluding hydrogens is 188 g/mol. The number of aliphatic hydroxyl groups is 1. The predicted octanol–water partition coefficient (Wildman–Crippen LogP) is 1.21. The second-order valence-electron chi connectivity index (χ2n) is 5.10. The summed E-state index contributed by atoms with van der Waals surface area (Å²) in [7, 11) is 0. The lowest BCUT2D eigenvalue weighted by atomic mass is 9.91. The smallest absolute Gasteiger partial charge is 0.0768 e. The van der Waals surface area contributed by atoms with Crippen molar-refractivity contribution in [3.05, 3.63) is 0 Å². The summed E-state index contributed by atoms with van der Waals surface area (Å²) >= 11 is 0. The molecule has 90 valence electrons. The Bertz CT molecular complexity index is 192. The van der Waals surface area contributed by atoms with E-state index in [4.69, 9.17) is 5.73 Å². The SMILES string of the molecule is CCC(O)(CC)CN1CCC(C)C(N)C1. The van der Waals surface area contributed by atoms with E-state index in [0.29, 0.717) is 5.92 Å². The highest BCUT2D eigenvalue weighted by Gasteiger charge is 2.29. The third-order valence-electron chi connectivity index (χ3n) is 3.93. The van der Waals surface area contributed by atoms with Crippen LogP contribution in [0.1, 0.15) is 40.0 Å². The number of rotatable bonds is 4. The van der Waals surface area contributed by atoms with Gasteiger partial charge in [0.1, 0.15) is 0 Å². The highest BCUT2D eigenvalue weighted by Crippen LogP contribution is 2.21. The minimum Gasteiger partial charge on any atom is -0.389 e. The summed E-state index contributed by atoms with van der Waals surface area (Å²) in [6.45, 7) is 9.11. The largest absolute Gasteiger partial charge is 0.389 e. The average Bonchev–Trinajstić information content (AvgIpc) is 2.23. The first-order valence-corrected chi connectivity index (χ1v) is 6.21. The molecule has 0 radical (unpaired) electrons. The lowest BCUT2D eigenvalue weighted by molar-refractivity contribution is -0.0134. The van der Waals surface area contributed by atoms with Gasteiger partial charge in [-0.05, 0) is 31.7 Å². The van der Waals surface area contributed by atoms with Gasteiger partial charge in [-0.1, -0.05) is 20.8 Å². The second kappa shape index (κ2) is 5.28. The fourth-order valence-electron chi connectivity index (χ4n) is 2.20. The summed E-state index contributed by atoms with van der Waals surface area (Å²) in [6.07, 6.45) is 2.81. The quantitative estimate of drug-likeness (QED) is 0.739. The van der Waals surface area contributed by atoms with Crippen molar-refractivity contribution in [2.45, 2.75) is 51.7 Å². The van der Waals surface area contributed by atoms with Crippen LogP contribution in [0.4, 0.5) is 0 Å². The molecule has 3 N–H and O–H groups in total. The first-order valence-electron chi connectivity index (χ1n) is 6.21. The summed E-state index contributed by atoms with van der Waals surface area (Å²) in [5.41, 5.74) is 5.53. The van der Waals surface area contributed by atoms with E-state index < -0.39 is 5.60 Å². The predicted molar refractivity (Wildman–Crippen MR) is 63.7 cm³/mol. The molecule has 0 bridgehead atoms. The maximum atomic E-state index is 10.3. The zero-order valence-corrected chi connectivity index (χ0v) is 10.4. The maximum absolute atomic E-state index is 10.3. The first-order chi connectivity index (χ1) is 7.00. The normalized spacial score (nSPS) is 29.4. The minimum absolute atomic E-state index is 0.275. The van der Waals surface area contributed by atoms with Gasteiger partial charge >= 0.3 is 0 Å². The molecule has 3 heteroatoms. The molecule has 0 aromatic rings. The maximum Gasteiger partial charge on any atom is 0.0768 e. The Morgan fingerprint density at radius 3 is 2.47 bits per heavy atom. The summed E-state index contributed by atoms with van der Waals surface area (Å²) in [6, 6.07) is 0.275. The lowest BCUT2D eigenvalue weighted by Gasteiger charge is -2.39. The van der Waals surface area contributed by atoms with Gasteiger partial charge in [0.05, 0.1) is 5.60 Å². The number of likely N-dealkylation sites (tertiary alicyclic amines) is 1. The Labute approximate surface area is 93.6 Å². The van der Waals surface area contributed by atoms with Crippen molar-refractivity contribution >= 4 is 0 Å². The van der Waals surface area contributed by atoms with E-state index in [2.05, 4.69) is 25.7 Å². The van der Waals surface area contributed by atoms with Gasteiger partial charge < -0.3 is 10.8 Å². The van der Waals surface area contributed by atoms with Crippen LogP contribution in [0.2, 0.25) is 0 Å². The third-order valence-corrected chi connectivity index (χ3v) is 3.93. The van der Waals surface area contributed by atoms with Gasteiger partial charge in [-0.15, -0.1) is 0 Å². The Kier molecular flexibility index (Phi) is 4.56. The van der Waals surface area contributed by atoms with Crippen LogP contribution >= 0.6 is 0 Å². The molecule has 1 saturated heterocycles. The van der Waals surface area contributed by atoms with Gasteiger partial charge in [-0.3, -0.25) is 4.90 Å². The van der Waals surface area contributed by atoms with E-state index in [9.17, 15) is 5.11 Å². The van der Waals surface area contributed by atoms with Gasteiger partial charge in [-0.2, -0.15) is 0 Å². The molecule has 0 aromatic carbocycles. The molecule has 1 rings (SSSR count). The minimum atomic E-state index is -0.514. The number of nitrogens with zero attached hydrogens (tertiary/aromatic N) is 1. The number of hydrogen-bond donors (Lipinski definition) is 2. The third kappa shape index (κ3) is 3.44. The molecule has 1 fully saturated rings. The van der Waals surface area contributed by atoms with Crippen molar-refractivity contribution in [2.24, 2.45) is 11.7 Å². The van der Waals surface area contributed by atoms with Crippen LogP contribution in [-0.2, 0) is 0 Å². The fraction of sp³-hybridized carbons (Fsp3) is 1.00. The molecular formula is C12H26N2O. The molecule has 1 aliphatic heterocycles. The topological polar surface area (TPSA) is 49.5 Å². The molecule has 0 aromatic heterocycles. The Balaban J connectivity index is 2.45. The fourth-order valence-corrected chi connectivity index (χ4v) is 2.20. The molecule has 2 atom stereocenters. The molecule has 2 unspecified atom stereocenters. The standard InChI is InChI=1S/C12H26N2O/c1-4-12(15,5-2)9-14-7-6-10(3)11(13)8-14/h10-11,15H,4-9,13H2,1-3H3.